The molecule has 2 atom stereocenters. The van der Waals surface area contributed by atoms with E-state index in [-0.39, 0.29) is 6.04 Å². The molecule has 4 heteroatoms. The molecule has 1 fully saturated rings. The van der Waals surface area contributed by atoms with Crippen LogP contribution in [-0.4, -0.2) is 34.6 Å². The van der Waals surface area contributed by atoms with E-state index in [1.54, 1.807) is 0 Å². The van der Waals surface area contributed by atoms with Crippen LogP contribution in [0.25, 0.3) is 0 Å². The highest BCUT2D eigenvalue weighted by Crippen LogP contribution is 2.26. The molecule has 1 heterocycles. The lowest BCUT2D eigenvalue weighted by molar-refractivity contribution is 0.173. The molecule has 1 aliphatic rings. The third-order valence-electron chi connectivity index (χ3n) is 3.36. The van der Waals surface area contributed by atoms with E-state index >= 15 is 0 Å². The van der Waals surface area contributed by atoms with E-state index in [0.29, 0.717) is 17.8 Å². The van der Waals surface area contributed by atoms with Crippen molar-refractivity contribution in [2.75, 3.05) is 6.54 Å². The van der Waals surface area contributed by atoms with Gasteiger partial charge in [-0.15, -0.1) is 0 Å². The lowest BCUT2D eigenvalue weighted by atomic mass is 10.00. The molecule has 0 aromatic rings. The van der Waals surface area contributed by atoms with E-state index < -0.39 is 0 Å². The fraction of sp³-hybridized carbons (Fsp3) is 0.909. The van der Waals surface area contributed by atoms with Crippen molar-refractivity contribution in [3.63, 3.8) is 0 Å². The highest BCUT2D eigenvalue weighted by Gasteiger charge is 2.33. The first-order valence-corrected chi connectivity index (χ1v) is 5.85. The second kappa shape index (κ2) is 5.35. The van der Waals surface area contributed by atoms with Gasteiger partial charge in [0.05, 0.1) is 6.04 Å². The number of likely N-dealkylation sites (tertiary alicyclic amines) is 1. The fourth-order valence-electron chi connectivity index (χ4n) is 2.60. The van der Waals surface area contributed by atoms with Crippen molar-refractivity contribution in [2.45, 2.75) is 52.1 Å². The zero-order valence-corrected chi connectivity index (χ0v) is 9.98. The third kappa shape index (κ3) is 2.62. The molecule has 0 radical (unpaired) electrons. The normalized spacial score (nSPS) is 26.1. The van der Waals surface area contributed by atoms with Gasteiger partial charge in [-0.05, 0) is 31.7 Å². The summed E-state index contributed by atoms with van der Waals surface area (Å²) in [5, 5.41) is 11.9. The molecule has 0 bridgehead atoms. The van der Waals surface area contributed by atoms with Crippen LogP contribution >= 0.6 is 0 Å². The van der Waals surface area contributed by atoms with Crippen LogP contribution in [-0.2, 0) is 0 Å². The van der Waals surface area contributed by atoms with E-state index in [1.165, 1.54) is 12.8 Å². The van der Waals surface area contributed by atoms with Gasteiger partial charge in [0.2, 0.25) is 0 Å². The standard InChI is InChI=1S/C11H23N3O/c1-4-9(11(12)13-15)14-7-5-6-10(14)8(2)3/h8-10,15H,4-7H2,1-3H3,(H2,12,13). The van der Waals surface area contributed by atoms with Crippen LogP contribution in [0.2, 0.25) is 0 Å². The lowest BCUT2D eigenvalue weighted by Gasteiger charge is -2.33. The molecule has 0 amide bonds. The first-order valence-electron chi connectivity index (χ1n) is 5.85. The molecule has 0 aromatic carbocycles. The first kappa shape index (κ1) is 12.3. The van der Waals surface area contributed by atoms with Crippen molar-refractivity contribution in [3.8, 4) is 0 Å². The van der Waals surface area contributed by atoms with Crippen molar-refractivity contribution in [1.82, 2.24) is 4.90 Å². The average molecular weight is 213 g/mol. The Balaban J connectivity index is 2.75. The Kier molecular flexibility index (Phi) is 4.39. The summed E-state index contributed by atoms with van der Waals surface area (Å²) in [5.41, 5.74) is 5.73. The molecule has 3 N–H and O–H groups in total. The predicted molar refractivity (Wildman–Crippen MR) is 62.1 cm³/mol. The monoisotopic (exact) mass is 213 g/mol. The van der Waals surface area contributed by atoms with Crippen LogP contribution in [0, 0.1) is 5.92 Å². The maximum Gasteiger partial charge on any atom is 0.156 e. The van der Waals surface area contributed by atoms with Gasteiger partial charge in [-0.3, -0.25) is 4.90 Å². The van der Waals surface area contributed by atoms with Gasteiger partial charge in [0, 0.05) is 6.04 Å². The second-order valence-corrected chi connectivity index (χ2v) is 4.64. The van der Waals surface area contributed by atoms with Crippen molar-refractivity contribution in [3.05, 3.63) is 0 Å². The van der Waals surface area contributed by atoms with Crippen LogP contribution < -0.4 is 5.73 Å². The third-order valence-corrected chi connectivity index (χ3v) is 3.36. The number of hydrogen-bond donors (Lipinski definition) is 2. The molecule has 1 rings (SSSR count). The highest BCUT2D eigenvalue weighted by atomic mass is 16.4. The van der Waals surface area contributed by atoms with Gasteiger partial charge in [0.15, 0.2) is 5.84 Å². The van der Waals surface area contributed by atoms with Gasteiger partial charge < -0.3 is 10.9 Å². The zero-order chi connectivity index (χ0) is 11.4. The van der Waals surface area contributed by atoms with Gasteiger partial charge in [-0.1, -0.05) is 25.9 Å². The number of nitrogens with zero attached hydrogens (tertiary/aromatic N) is 2. The fourth-order valence-corrected chi connectivity index (χ4v) is 2.60. The molecule has 0 saturated carbocycles. The SMILES string of the molecule is CCC(C(N)=NO)N1CCCC1C(C)C. The van der Waals surface area contributed by atoms with Crippen molar-refractivity contribution in [1.29, 1.82) is 0 Å². The summed E-state index contributed by atoms with van der Waals surface area (Å²) in [4.78, 5) is 2.39. The Morgan fingerprint density at radius 3 is 2.73 bits per heavy atom. The Morgan fingerprint density at radius 1 is 1.60 bits per heavy atom. The largest absolute Gasteiger partial charge is 0.409 e. The Morgan fingerprint density at radius 2 is 2.27 bits per heavy atom. The number of oxime groups is 1. The molecular weight excluding hydrogens is 190 g/mol. The summed E-state index contributed by atoms with van der Waals surface area (Å²) in [7, 11) is 0. The summed E-state index contributed by atoms with van der Waals surface area (Å²) in [6.07, 6.45) is 3.35. The van der Waals surface area contributed by atoms with Crippen LogP contribution in [0.5, 0.6) is 0 Å². The minimum Gasteiger partial charge on any atom is -0.409 e. The first-order chi connectivity index (χ1) is 7.11. The van der Waals surface area contributed by atoms with Crippen LogP contribution in [0.1, 0.15) is 40.0 Å². The van der Waals surface area contributed by atoms with E-state index in [2.05, 4.69) is 30.8 Å². The molecule has 0 spiro atoms. The molecule has 15 heavy (non-hydrogen) atoms. The predicted octanol–water partition coefficient (Wildman–Crippen LogP) is 1.63. The van der Waals surface area contributed by atoms with E-state index in [4.69, 9.17) is 10.9 Å². The van der Waals surface area contributed by atoms with Gasteiger partial charge in [0.25, 0.3) is 0 Å². The second-order valence-electron chi connectivity index (χ2n) is 4.64. The number of hydrogen-bond acceptors (Lipinski definition) is 3. The molecule has 1 aliphatic heterocycles. The molecular formula is C11H23N3O. The van der Waals surface area contributed by atoms with Gasteiger partial charge in [0.1, 0.15) is 0 Å². The highest BCUT2D eigenvalue weighted by molar-refractivity contribution is 5.85. The Bertz CT molecular complexity index is 228. The maximum absolute atomic E-state index is 8.76. The van der Waals surface area contributed by atoms with Gasteiger partial charge >= 0.3 is 0 Å². The summed E-state index contributed by atoms with van der Waals surface area (Å²) in [6.45, 7) is 7.62. The Labute approximate surface area is 92.1 Å². The topological polar surface area (TPSA) is 61.9 Å². The Hall–Kier alpha value is -0.770. The van der Waals surface area contributed by atoms with Crippen molar-refractivity contribution < 1.29 is 5.21 Å². The molecule has 0 aromatic heterocycles. The summed E-state index contributed by atoms with van der Waals surface area (Å²) >= 11 is 0. The quantitative estimate of drug-likeness (QED) is 0.323. The van der Waals surface area contributed by atoms with Crippen LogP contribution in [0.4, 0.5) is 0 Å². The molecule has 0 aliphatic carbocycles. The average Bonchev–Trinajstić information content (AvgIpc) is 2.67. The van der Waals surface area contributed by atoms with Crippen molar-refractivity contribution in [2.24, 2.45) is 16.8 Å². The van der Waals surface area contributed by atoms with Crippen LogP contribution in [0.15, 0.2) is 5.16 Å². The summed E-state index contributed by atoms with van der Waals surface area (Å²) in [6, 6.07) is 0.681. The van der Waals surface area contributed by atoms with E-state index in [1.807, 2.05) is 0 Å². The molecule has 2 unspecified atom stereocenters. The number of rotatable bonds is 4. The van der Waals surface area contributed by atoms with Crippen molar-refractivity contribution >= 4 is 5.84 Å². The van der Waals surface area contributed by atoms with Gasteiger partial charge in [-0.25, -0.2) is 0 Å². The van der Waals surface area contributed by atoms with Gasteiger partial charge in [-0.2, -0.15) is 0 Å². The lowest BCUT2D eigenvalue weighted by Crippen LogP contribution is -2.48. The summed E-state index contributed by atoms with van der Waals surface area (Å²) in [5.74, 6) is 0.984. The molecule has 4 nitrogen and oxygen atoms in total. The summed E-state index contributed by atoms with van der Waals surface area (Å²) < 4.78 is 0. The smallest absolute Gasteiger partial charge is 0.156 e. The van der Waals surface area contributed by atoms with Crippen LogP contribution in [0.3, 0.4) is 0 Å². The number of nitrogens with two attached hydrogens (primary N) is 1. The van der Waals surface area contributed by atoms with E-state index in [0.717, 1.165) is 13.0 Å². The van der Waals surface area contributed by atoms with E-state index in [9.17, 15) is 0 Å². The molecule has 88 valence electrons. The number of amidine groups is 1. The maximum atomic E-state index is 8.76. The minimum absolute atomic E-state index is 0.102. The zero-order valence-electron chi connectivity index (χ0n) is 9.98. The molecule has 1 saturated heterocycles. The minimum atomic E-state index is 0.102.